The lowest BCUT2D eigenvalue weighted by molar-refractivity contribution is 0.0697. The number of aryl methyl sites for hydroxylation is 1. The van der Waals surface area contributed by atoms with Crippen LogP contribution in [0.25, 0.3) is 0 Å². The van der Waals surface area contributed by atoms with E-state index in [2.05, 4.69) is 4.98 Å². The van der Waals surface area contributed by atoms with Crippen LogP contribution in [0.4, 0.5) is 18.9 Å². The maximum atomic E-state index is 14.6. The Hall–Kier alpha value is -3.75. The first-order valence-electron chi connectivity index (χ1n) is 7.86. The molecule has 3 rings (SSSR count). The minimum atomic E-state index is -1.62. The summed E-state index contributed by atoms with van der Waals surface area (Å²) in [6.45, 7) is 1.66. The Morgan fingerprint density at radius 3 is 2.25 bits per heavy atom. The van der Waals surface area contributed by atoms with Crippen molar-refractivity contribution in [2.24, 2.45) is 0 Å². The number of rotatable bonds is 5. The number of nitrogens with two attached hydrogens (primary N) is 1. The molecule has 0 saturated heterocycles. The zero-order valence-corrected chi connectivity index (χ0v) is 14.4. The third kappa shape index (κ3) is 3.83. The summed E-state index contributed by atoms with van der Waals surface area (Å²) in [5.41, 5.74) is 6.69. The van der Waals surface area contributed by atoms with Crippen molar-refractivity contribution in [1.82, 2.24) is 4.98 Å². The Bertz CT molecular complexity index is 1060. The maximum absolute atomic E-state index is 14.6. The van der Waals surface area contributed by atoms with Gasteiger partial charge >= 0.3 is 5.97 Å². The fourth-order valence-electron chi connectivity index (χ4n) is 2.24. The Morgan fingerprint density at radius 1 is 1.00 bits per heavy atom. The Balaban J connectivity index is 1.94. The van der Waals surface area contributed by atoms with Crippen LogP contribution in [0.3, 0.4) is 0 Å². The lowest BCUT2D eigenvalue weighted by Crippen LogP contribution is -2.03. The molecule has 1 heterocycles. The highest BCUT2D eigenvalue weighted by Gasteiger charge is 2.24. The number of carboxylic acid groups (broad SMARTS) is 1. The number of hydrogen-bond acceptors (Lipinski definition) is 5. The zero-order chi connectivity index (χ0) is 20.4. The quantitative estimate of drug-likeness (QED) is 0.486. The lowest BCUT2D eigenvalue weighted by Gasteiger charge is -2.12. The molecule has 0 aliphatic heterocycles. The Kier molecular flexibility index (Phi) is 5.08. The number of benzene rings is 2. The molecule has 0 fully saturated rings. The topological polar surface area (TPSA) is 94.7 Å². The van der Waals surface area contributed by atoms with E-state index in [9.17, 15) is 18.0 Å². The summed E-state index contributed by atoms with van der Waals surface area (Å²) in [5.74, 6) is -7.68. The van der Waals surface area contributed by atoms with E-state index >= 15 is 0 Å². The minimum absolute atomic E-state index is 0.0308. The van der Waals surface area contributed by atoms with Gasteiger partial charge in [-0.3, -0.25) is 0 Å². The number of nitrogen functional groups attached to an aromatic ring is 1. The summed E-state index contributed by atoms with van der Waals surface area (Å²) < 4.78 is 52.8. The molecule has 1 aromatic heterocycles. The summed E-state index contributed by atoms with van der Waals surface area (Å²) >= 11 is 0. The first-order valence-corrected chi connectivity index (χ1v) is 7.86. The standard InChI is InChI=1S/C19H13F3N2O4/c1-9-8-12(6-7-13(9)23)27-16-14(20)17(22)24-18(15(16)21)28-11-4-2-10(3-5-11)19(25)26/h2-8H,23H2,1H3,(H,25,26). The van der Waals surface area contributed by atoms with Crippen molar-refractivity contribution in [3.05, 3.63) is 71.2 Å². The minimum Gasteiger partial charge on any atom is -0.478 e. The summed E-state index contributed by atoms with van der Waals surface area (Å²) in [6.07, 6.45) is 0. The van der Waals surface area contributed by atoms with E-state index in [1.165, 1.54) is 42.5 Å². The summed E-state index contributed by atoms with van der Waals surface area (Å²) in [4.78, 5) is 13.9. The average Bonchev–Trinajstić information content (AvgIpc) is 2.66. The molecule has 6 nitrogen and oxygen atoms in total. The third-order valence-electron chi connectivity index (χ3n) is 3.74. The summed E-state index contributed by atoms with van der Waals surface area (Å²) in [5, 5.41) is 8.86. The van der Waals surface area contributed by atoms with Crippen molar-refractivity contribution in [1.29, 1.82) is 0 Å². The molecule has 0 unspecified atom stereocenters. The summed E-state index contributed by atoms with van der Waals surface area (Å²) in [7, 11) is 0. The monoisotopic (exact) mass is 390 g/mol. The number of carbonyl (C=O) groups is 1. The molecule has 0 aliphatic carbocycles. The van der Waals surface area contributed by atoms with Crippen molar-refractivity contribution in [2.45, 2.75) is 6.92 Å². The fraction of sp³-hybridized carbons (Fsp3) is 0.0526. The highest BCUT2D eigenvalue weighted by atomic mass is 19.2. The van der Waals surface area contributed by atoms with E-state index < -0.39 is 35.2 Å². The van der Waals surface area contributed by atoms with Gasteiger partial charge < -0.3 is 20.3 Å². The van der Waals surface area contributed by atoms with Gasteiger partial charge in [-0.25, -0.2) is 4.79 Å². The molecule has 28 heavy (non-hydrogen) atoms. The van der Waals surface area contributed by atoms with E-state index in [0.29, 0.717) is 11.3 Å². The van der Waals surface area contributed by atoms with E-state index in [-0.39, 0.29) is 17.1 Å². The number of halogens is 3. The van der Waals surface area contributed by atoms with Gasteiger partial charge in [0.05, 0.1) is 5.56 Å². The van der Waals surface area contributed by atoms with Crippen LogP contribution in [0, 0.1) is 24.5 Å². The normalized spacial score (nSPS) is 10.6. The second-order valence-corrected chi connectivity index (χ2v) is 5.72. The van der Waals surface area contributed by atoms with Gasteiger partial charge in [0.15, 0.2) is 0 Å². The van der Waals surface area contributed by atoms with E-state index in [0.717, 1.165) is 0 Å². The molecule has 3 N–H and O–H groups in total. The molecule has 0 aliphatic rings. The molecule has 0 amide bonds. The van der Waals surface area contributed by atoms with Crippen molar-refractivity contribution in [3.63, 3.8) is 0 Å². The van der Waals surface area contributed by atoms with Crippen molar-refractivity contribution in [3.8, 4) is 23.1 Å². The van der Waals surface area contributed by atoms with Gasteiger partial charge in [0.1, 0.15) is 11.5 Å². The Labute approximate surface area is 157 Å². The lowest BCUT2D eigenvalue weighted by atomic mass is 10.2. The molecule has 3 aromatic rings. The van der Waals surface area contributed by atoms with E-state index in [1.807, 2.05) is 0 Å². The van der Waals surface area contributed by atoms with Gasteiger partial charge in [-0.05, 0) is 55.0 Å². The van der Waals surface area contributed by atoms with Crippen LogP contribution < -0.4 is 15.2 Å². The fourth-order valence-corrected chi connectivity index (χ4v) is 2.24. The van der Waals surface area contributed by atoms with Crippen LogP contribution in [-0.2, 0) is 0 Å². The third-order valence-corrected chi connectivity index (χ3v) is 3.74. The van der Waals surface area contributed by atoms with Crippen LogP contribution in [-0.4, -0.2) is 16.1 Å². The number of aromatic carboxylic acids is 1. The molecule has 0 spiro atoms. The van der Waals surface area contributed by atoms with Crippen LogP contribution in [0.15, 0.2) is 42.5 Å². The van der Waals surface area contributed by atoms with Gasteiger partial charge in [-0.1, -0.05) is 0 Å². The van der Waals surface area contributed by atoms with E-state index in [1.54, 1.807) is 6.92 Å². The predicted octanol–water partition coefficient (Wildman–Crippen LogP) is 4.67. The predicted molar refractivity (Wildman–Crippen MR) is 93.3 cm³/mol. The number of aromatic nitrogens is 1. The largest absolute Gasteiger partial charge is 0.478 e. The molecule has 9 heteroatoms. The number of nitrogens with zero attached hydrogens (tertiary/aromatic N) is 1. The smallest absolute Gasteiger partial charge is 0.335 e. The number of carboxylic acids is 1. The van der Waals surface area contributed by atoms with Crippen LogP contribution in [0.1, 0.15) is 15.9 Å². The van der Waals surface area contributed by atoms with Crippen LogP contribution in [0.2, 0.25) is 0 Å². The van der Waals surface area contributed by atoms with Crippen molar-refractivity contribution >= 4 is 11.7 Å². The van der Waals surface area contributed by atoms with Crippen molar-refractivity contribution < 1.29 is 32.5 Å². The molecule has 0 saturated carbocycles. The van der Waals surface area contributed by atoms with Gasteiger partial charge in [-0.15, -0.1) is 0 Å². The Morgan fingerprint density at radius 2 is 1.64 bits per heavy atom. The molecule has 0 radical (unpaired) electrons. The zero-order valence-electron chi connectivity index (χ0n) is 14.4. The highest BCUT2D eigenvalue weighted by Crippen LogP contribution is 2.35. The first-order chi connectivity index (χ1) is 13.3. The average molecular weight is 390 g/mol. The molecule has 0 bridgehead atoms. The summed E-state index contributed by atoms with van der Waals surface area (Å²) in [6, 6.07) is 9.10. The SMILES string of the molecule is Cc1cc(Oc2c(F)c(F)nc(Oc3ccc(C(=O)O)cc3)c2F)ccc1N. The van der Waals surface area contributed by atoms with Crippen molar-refractivity contribution in [2.75, 3.05) is 5.73 Å². The van der Waals surface area contributed by atoms with Gasteiger partial charge in [-0.2, -0.15) is 18.2 Å². The van der Waals surface area contributed by atoms with Gasteiger partial charge in [0.25, 0.3) is 11.8 Å². The molecule has 2 aromatic carbocycles. The first kappa shape index (κ1) is 19.0. The number of pyridine rings is 1. The molecular weight excluding hydrogens is 377 g/mol. The molecule has 144 valence electrons. The number of anilines is 1. The second-order valence-electron chi connectivity index (χ2n) is 5.72. The molecular formula is C19H13F3N2O4. The highest BCUT2D eigenvalue weighted by molar-refractivity contribution is 5.87. The van der Waals surface area contributed by atoms with E-state index in [4.69, 9.17) is 20.3 Å². The van der Waals surface area contributed by atoms with Gasteiger partial charge in [0.2, 0.25) is 17.4 Å². The van der Waals surface area contributed by atoms with Crippen LogP contribution >= 0.6 is 0 Å². The van der Waals surface area contributed by atoms with Crippen LogP contribution in [0.5, 0.6) is 23.1 Å². The number of hydrogen-bond donors (Lipinski definition) is 2. The molecule has 0 atom stereocenters. The van der Waals surface area contributed by atoms with Gasteiger partial charge in [0, 0.05) is 5.69 Å². The second kappa shape index (κ2) is 7.47. The maximum Gasteiger partial charge on any atom is 0.335 e. The number of ether oxygens (including phenoxy) is 2.